The molecule has 7 aromatic heterocycles. The van der Waals surface area contributed by atoms with Gasteiger partial charge in [-0.15, -0.1) is 31.9 Å². The number of pyridine rings is 4. The molecule has 0 spiro atoms. The Hall–Kier alpha value is -5.47. The fourth-order valence-electron chi connectivity index (χ4n) is 6.40. The average molecular weight is 1240 g/mol. The molecule has 0 amide bonds. The number of hydrogen-bond acceptors (Lipinski definition) is 13. The first kappa shape index (κ1) is 66.6. The molecule has 0 N–H and O–H groups in total. The summed E-state index contributed by atoms with van der Waals surface area (Å²) >= 11 is 5.87. The van der Waals surface area contributed by atoms with Crippen LogP contribution in [0.2, 0.25) is 36.3 Å². The molecule has 416 valence electrons. The zero-order chi connectivity index (χ0) is 58.4. The topological polar surface area (TPSA) is 211 Å². The molecule has 23 heteroatoms. The van der Waals surface area contributed by atoms with Gasteiger partial charge in [0.05, 0.1) is 33.9 Å². The number of hydrogen-bond donors (Lipinski definition) is 0. The fourth-order valence-corrected chi connectivity index (χ4v) is 8.47. The van der Waals surface area contributed by atoms with E-state index < -0.39 is 23.8 Å². The fraction of sp³-hybridized carbons (Fsp3) is 0.491. The Morgan fingerprint density at radius 2 is 1.28 bits per heavy atom. The Kier molecular flexibility index (Phi) is 30.1. The summed E-state index contributed by atoms with van der Waals surface area (Å²) < 4.78 is 33.1. The second kappa shape index (κ2) is 34.3. The molecule has 0 aliphatic carbocycles. The molecule has 7 heterocycles. The van der Waals surface area contributed by atoms with Crippen molar-refractivity contribution in [2.75, 3.05) is 33.5 Å². The van der Waals surface area contributed by atoms with Crippen LogP contribution in [0.15, 0.2) is 96.8 Å². The van der Waals surface area contributed by atoms with Crippen LogP contribution in [0.3, 0.4) is 0 Å². The Labute approximate surface area is 473 Å². The van der Waals surface area contributed by atoms with Crippen LogP contribution in [-0.4, -0.2) is 121 Å². The molecule has 0 unspecified atom stereocenters. The summed E-state index contributed by atoms with van der Waals surface area (Å²) in [7, 11) is -4.39. The third-order valence-corrected chi connectivity index (χ3v) is 21.5. The number of alkyl halides is 1. The number of azide groups is 1. The normalized spacial score (nSPS) is 11.2. The molecule has 0 atom stereocenters. The average Bonchev–Trinajstić information content (AvgIpc) is 4.16. The molecule has 0 saturated heterocycles. The van der Waals surface area contributed by atoms with Crippen molar-refractivity contribution in [2.24, 2.45) is 5.11 Å². The van der Waals surface area contributed by atoms with E-state index in [2.05, 4.69) is 177 Å². The van der Waals surface area contributed by atoms with E-state index >= 15 is 0 Å². The number of fused-ring (bicyclic) bond motifs is 2. The second-order valence-electron chi connectivity index (χ2n) is 20.2. The van der Waals surface area contributed by atoms with Gasteiger partial charge in [-0.2, -0.15) is 5.26 Å². The van der Waals surface area contributed by atoms with Crippen LogP contribution in [-0.2, 0) is 28.2 Å². The van der Waals surface area contributed by atoms with Gasteiger partial charge in [0.1, 0.15) is 17.1 Å². The number of nitriles is 1. The van der Waals surface area contributed by atoms with E-state index in [1.54, 1.807) is 38.8 Å². The first-order valence-electron chi connectivity index (χ1n) is 25.3. The molecule has 0 bridgehead atoms. The van der Waals surface area contributed by atoms with Crippen molar-refractivity contribution >= 4 is 48.3 Å². The zero-order valence-electron chi connectivity index (χ0n) is 48.2. The number of aromatic nitrogens is 11. The van der Waals surface area contributed by atoms with Crippen molar-refractivity contribution in [3.63, 3.8) is 0 Å². The van der Waals surface area contributed by atoms with Gasteiger partial charge in [0, 0.05) is 73.0 Å². The third-order valence-electron chi connectivity index (χ3n) is 12.4. The first-order valence-corrected chi connectivity index (χ1v) is 33.4. The second-order valence-corrected chi connectivity index (χ2v) is 29.8. The van der Waals surface area contributed by atoms with Crippen LogP contribution in [0, 0.1) is 23.7 Å². The molecular formula is C53H79CuFIN16O2Si2. The summed E-state index contributed by atoms with van der Waals surface area (Å²) in [5.41, 5.74) is 13.6. The number of halogens is 2. The summed E-state index contributed by atoms with van der Waals surface area (Å²) in [6, 6.07) is 22.3. The van der Waals surface area contributed by atoms with Gasteiger partial charge in [0.2, 0.25) is 0 Å². The molecule has 0 saturated carbocycles. The minimum atomic E-state index is -1.75. The summed E-state index contributed by atoms with van der Waals surface area (Å²) in [4.78, 5) is 14.0. The third kappa shape index (κ3) is 21.9. The van der Waals surface area contributed by atoms with Gasteiger partial charge >= 0.3 is 33.1 Å². The summed E-state index contributed by atoms with van der Waals surface area (Å²) in [6.07, 6.45) is 14.5. The molecule has 7 rings (SSSR count). The van der Waals surface area contributed by atoms with E-state index in [4.69, 9.17) is 27.4 Å². The number of terminal acetylenes is 1. The monoisotopic (exact) mass is 1240 g/mol. The zero-order valence-corrected chi connectivity index (χ0v) is 52.3. The number of nitrogens with zero attached hydrogens (tertiary/aromatic N) is 16. The Balaban J connectivity index is 0.000000536. The van der Waals surface area contributed by atoms with Gasteiger partial charge in [0.15, 0.2) is 39.6 Å². The van der Waals surface area contributed by atoms with E-state index in [0.717, 1.165) is 46.0 Å². The molecule has 0 aromatic carbocycles. The van der Waals surface area contributed by atoms with Crippen molar-refractivity contribution in [3.8, 4) is 52.7 Å². The Morgan fingerprint density at radius 3 is 1.66 bits per heavy atom. The Bertz CT molecular complexity index is 2880. The van der Waals surface area contributed by atoms with E-state index in [1.807, 2.05) is 92.7 Å². The quantitative estimate of drug-likeness (QED) is 0.0189. The first-order chi connectivity index (χ1) is 36.4. The molecular weight excluding hydrogens is 1160 g/mol. The van der Waals surface area contributed by atoms with Gasteiger partial charge < -0.3 is 8.85 Å². The van der Waals surface area contributed by atoms with Crippen LogP contribution in [0.1, 0.15) is 90.0 Å². The van der Waals surface area contributed by atoms with Crippen molar-refractivity contribution in [3.05, 3.63) is 108 Å². The molecule has 0 radical (unpaired) electrons. The van der Waals surface area contributed by atoms with Crippen molar-refractivity contribution < 1.29 is 27.4 Å². The maximum atomic E-state index is 9.96. The predicted octanol–water partition coefficient (Wildman–Crippen LogP) is 13.3. The van der Waals surface area contributed by atoms with Crippen LogP contribution in [0.25, 0.3) is 56.0 Å². The summed E-state index contributed by atoms with van der Waals surface area (Å²) in [5, 5.41) is 36.3. The van der Waals surface area contributed by atoms with Crippen LogP contribution < -0.4 is 0 Å². The van der Waals surface area contributed by atoms with E-state index in [-0.39, 0.29) is 10.1 Å². The maximum absolute atomic E-state index is 9.96. The summed E-state index contributed by atoms with van der Waals surface area (Å²) in [5.74, 6) is 3.96. The molecule has 18 nitrogen and oxygen atoms in total. The minimum absolute atomic E-state index is 0.198. The standard InChI is InChI=1S/C21H27N7OSi.C13H8N4.C8H19N3OSi.C8H19N.C2H3N.CH3F.Cu.HI/c1-21(2,3)30(4,5)29-13-12-27-15-18(23-26-27)16-9-10-17(22-14-16)20-25-24-19-8-6-7-11-28(19)20;1-2-10-6-7-11(14-9-10)13-16-15-12-5-3-4-8-17(12)13;1-8(2,3)13(4,5)12-7-6-10-11-9;1-6-9(7(2)3)8(4)5;1-2-3;1-2;;/h6-11,14-15H,12-13H2,1-5H3;1,3-9H;6-7H2,1-5H3;7-8H,6H2,1-5H3;1H3;1H3;;1H/q;;;;;;+1;/p-1/i;;;;;1D;;. The van der Waals surface area contributed by atoms with Crippen LogP contribution in [0.4, 0.5) is 4.39 Å². The molecule has 76 heavy (non-hydrogen) atoms. The van der Waals surface area contributed by atoms with Crippen LogP contribution >= 0.6 is 20.3 Å². The van der Waals surface area contributed by atoms with Gasteiger partial charge in [-0.25, -0.2) is 4.68 Å². The Morgan fingerprint density at radius 1 is 0.803 bits per heavy atom. The predicted molar refractivity (Wildman–Crippen MR) is 315 cm³/mol. The molecule has 0 aliphatic heterocycles. The van der Waals surface area contributed by atoms with Crippen molar-refractivity contribution in [2.45, 2.75) is 138 Å². The molecule has 7 aromatic rings. The van der Waals surface area contributed by atoms with E-state index in [1.165, 1.54) is 6.92 Å². The molecule has 0 fully saturated rings. The van der Waals surface area contributed by atoms with Gasteiger partial charge in [-0.1, -0.05) is 76.8 Å². The van der Waals surface area contributed by atoms with E-state index in [0.29, 0.717) is 50.0 Å². The van der Waals surface area contributed by atoms with Gasteiger partial charge in [-0.05, 0) is 125 Å². The SMILES string of the molecule is C#Cc1ccc(-c2nnc3ccccn23)nc1.CC#N.CC(C)(C)[Si](C)(C)OCCN=[N+]=[N-].CC(C)(C)[Si](C)(C)OCCn1cc(-c2ccc(-c3nnc4ccccn34)nc2)nn1.CCN(C(C)C)C(C)C.[2H]CF.[Cu][I]. The van der Waals surface area contributed by atoms with Gasteiger partial charge in [-0.3, -0.25) is 28.1 Å². The van der Waals surface area contributed by atoms with E-state index in [9.17, 15) is 4.39 Å². The van der Waals surface area contributed by atoms with Gasteiger partial charge in [0.25, 0.3) is 0 Å². The number of rotatable bonds is 14. The van der Waals surface area contributed by atoms with Crippen molar-refractivity contribution in [1.29, 1.82) is 5.26 Å². The molecule has 0 aliphatic rings. The van der Waals surface area contributed by atoms with Crippen molar-refractivity contribution in [1.82, 2.24) is 59.1 Å². The van der Waals surface area contributed by atoms with Crippen LogP contribution in [0.5, 0.6) is 0 Å². The summed E-state index contributed by atoms with van der Waals surface area (Å²) in [6.45, 7) is 38.2.